The van der Waals surface area contributed by atoms with Crippen molar-refractivity contribution in [1.82, 2.24) is 15.0 Å². The van der Waals surface area contributed by atoms with Gasteiger partial charge in [0.15, 0.2) is 11.6 Å². The summed E-state index contributed by atoms with van der Waals surface area (Å²) in [6.07, 6.45) is 3.38. The van der Waals surface area contributed by atoms with Crippen molar-refractivity contribution in [2.75, 3.05) is 7.11 Å². The van der Waals surface area contributed by atoms with Gasteiger partial charge < -0.3 is 9.84 Å². The van der Waals surface area contributed by atoms with Crippen molar-refractivity contribution in [3.8, 4) is 34.3 Å². The van der Waals surface area contributed by atoms with Crippen molar-refractivity contribution in [2.24, 2.45) is 0 Å². The van der Waals surface area contributed by atoms with Gasteiger partial charge in [-0.3, -0.25) is 0 Å². The minimum absolute atomic E-state index is 0.0774. The Morgan fingerprint density at radius 1 is 0.920 bits per heavy atom. The molecule has 2 aromatic carbocycles. The fraction of sp³-hybridized carbons (Fsp3) is 0.250. The molecule has 5 nitrogen and oxygen atoms in total. The SMILES string of the molecule is CCc1ccc(-c2ncnc(-c3ccc(OC)cc3O)n2)c(CC)c1. The molecule has 0 saturated heterocycles. The molecular weight excluding hydrogens is 314 g/mol. The van der Waals surface area contributed by atoms with Gasteiger partial charge in [0.2, 0.25) is 0 Å². The van der Waals surface area contributed by atoms with Crippen molar-refractivity contribution >= 4 is 0 Å². The lowest BCUT2D eigenvalue weighted by Gasteiger charge is -2.10. The summed E-state index contributed by atoms with van der Waals surface area (Å²) < 4.78 is 5.12. The first kappa shape index (κ1) is 16.9. The normalized spacial score (nSPS) is 10.7. The van der Waals surface area contributed by atoms with Gasteiger partial charge in [0, 0.05) is 11.6 Å². The highest BCUT2D eigenvalue weighted by Gasteiger charge is 2.13. The lowest BCUT2D eigenvalue weighted by atomic mass is 10.00. The van der Waals surface area contributed by atoms with Crippen LogP contribution in [-0.2, 0) is 12.8 Å². The number of ether oxygens (including phenoxy) is 1. The van der Waals surface area contributed by atoms with Gasteiger partial charge in [-0.15, -0.1) is 0 Å². The fourth-order valence-corrected chi connectivity index (χ4v) is 2.76. The average molecular weight is 335 g/mol. The highest BCUT2D eigenvalue weighted by atomic mass is 16.5. The molecule has 0 spiro atoms. The standard InChI is InChI=1S/C20H21N3O2/c1-4-13-6-8-16(14(5-2)10-13)19-21-12-22-20(23-19)17-9-7-15(25-3)11-18(17)24/h6-12,24H,4-5H2,1-3H3. The Morgan fingerprint density at radius 2 is 1.64 bits per heavy atom. The molecule has 0 atom stereocenters. The van der Waals surface area contributed by atoms with Gasteiger partial charge in [-0.25, -0.2) is 15.0 Å². The molecule has 0 unspecified atom stereocenters. The van der Waals surface area contributed by atoms with Crippen LogP contribution in [-0.4, -0.2) is 27.2 Å². The Labute approximate surface area is 147 Å². The molecule has 5 heteroatoms. The van der Waals surface area contributed by atoms with E-state index in [1.165, 1.54) is 17.5 Å². The van der Waals surface area contributed by atoms with E-state index in [4.69, 9.17) is 4.74 Å². The molecule has 1 N–H and O–H groups in total. The van der Waals surface area contributed by atoms with Gasteiger partial charge in [0.1, 0.15) is 17.8 Å². The average Bonchev–Trinajstić information content (AvgIpc) is 2.67. The zero-order valence-electron chi connectivity index (χ0n) is 14.7. The van der Waals surface area contributed by atoms with Crippen LogP contribution in [0.15, 0.2) is 42.7 Å². The van der Waals surface area contributed by atoms with Crippen LogP contribution in [0.2, 0.25) is 0 Å². The molecule has 0 aliphatic rings. The number of methoxy groups -OCH3 is 1. The molecule has 1 heterocycles. The van der Waals surface area contributed by atoms with Crippen molar-refractivity contribution < 1.29 is 9.84 Å². The highest BCUT2D eigenvalue weighted by Crippen LogP contribution is 2.31. The lowest BCUT2D eigenvalue weighted by molar-refractivity contribution is 0.408. The lowest BCUT2D eigenvalue weighted by Crippen LogP contribution is -1.99. The fourth-order valence-electron chi connectivity index (χ4n) is 2.76. The van der Waals surface area contributed by atoms with Crippen molar-refractivity contribution in [2.45, 2.75) is 26.7 Å². The summed E-state index contributed by atoms with van der Waals surface area (Å²) in [5.41, 5.74) is 4.04. The maximum atomic E-state index is 10.2. The van der Waals surface area contributed by atoms with E-state index in [1.54, 1.807) is 25.3 Å². The van der Waals surface area contributed by atoms with E-state index in [0.717, 1.165) is 18.4 Å². The van der Waals surface area contributed by atoms with E-state index in [2.05, 4.69) is 47.0 Å². The molecule has 0 saturated carbocycles. The van der Waals surface area contributed by atoms with Crippen LogP contribution in [0.1, 0.15) is 25.0 Å². The first-order valence-corrected chi connectivity index (χ1v) is 8.34. The molecule has 25 heavy (non-hydrogen) atoms. The molecule has 0 aliphatic heterocycles. The molecule has 3 rings (SSSR count). The predicted octanol–water partition coefficient (Wildman–Crippen LogP) is 4.04. The number of aromatic nitrogens is 3. The Balaban J connectivity index is 2.06. The number of phenols is 1. The van der Waals surface area contributed by atoms with Gasteiger partial charge in [0.25, 0.3) is 0 Å². The van der Waals surface area contributed by atoms with Crippen LogP contribution in [0.25, 0.3) is 22.8 Å². The minimum Gasteiger partial charge on any atom is -0.507 e. The second-order valence-corrected chi connectivity index (χ2v) is 5.71. The molecule has 1 aromatic heterocycles. The van der Waals surface area contributed by atoms with Crippen molar-refractivity contribution in [3.63, 3.8) is 0 Å². The summed E-state index contributed by atoms with van der Waals surface area (Å²) in [6.45, 7) is 4.26. The molecule has 0 amide bonds. The second kappa shape index (κ2) is 7.30. The topological polar surface area (TPSA) is 68.1 Å². The molecule has 3 aromatic rings. The van der Waals surface area contributed by atoms with Gasteiger partial charge in [-0.2, -0.15) is 0 Å². The van der Waals surface area contributed by atoms with Gasteiger partial charge in [0.05, 0.1) is 12.7 Å². The number of aromatic hydroxyl groups is 1. The van der Waals surface area contributed by atoms with Crippen LogP contribution in [0, 0.1) is 0 Å². The molecule has 0 fully saturated rings. The van der Waals surface area contributed by atoms with E-state index in [-0.39, 0.29) is 5.75 Å². The first-order chi connectivity index (χ1) is 12.2. The van der Waals surface area contributed by atoms with Crippen LogP contribution in [0.5, 0.6) is 11.5 Å². The van der Waals surface area contributed by atoms with Crippen LogP contribution in [0.3, 0.4) is 0 Å². The van der Waals surface area contributed by atoms with Gasteiger partial charge >= 0.3 is 0 Å². The first-order valence-electron chi connectivity index (χ1n) is 8.34. The minimum atomic E-state index is 0.0774. The van der Waals surface area contributed by atoms with Crippen LogP contribution in [0.4, 0.5) is 0 Å². The maximum absolute atomic E-state index is 10.2. The number of hydrogen-bond donors (Lipinski definition) is 1. The molecule has 0 aliphatic carbocycles. The van der Waals surface area contributed by atoms with E-state index in [1.807, 2.05) is 0 Å². The Kier molecular flexibility index (Phi) is 4.93. The third-order valence-electron chi connectivity index (χ3n) is 4.22. The second-order valence-electron chi connectivity index (χ2n) is 5.71. The van der Waals surface area contributed by atoms with Crippen LogP contribution < -0.4 is 4.74 Å². The number of hydrogen-bond acceptors (Lipinski definition) is 5. The summed E-state index contributed by atoms with van der Waals surface area (Å²) in [4.78, 5) is 13.1. The van der Waals surface area contributed by atoms with E-state index in [0.29, 0.717) is 23.0 Å². The Morgan fingerprint density at radius 3 is 2.28 bits per heavy atom. The number of nitrogens with zero attached hydrogens (tertiary/aromatic N) is 3. The molecule has 0 bridgehead atoms. The maximum Gasteiger partial charge on any atom is 0.167 e. The number of benzene rings is 2. The van der Waals surface area contributed by atoms with E-state index < -0.39 is 0 Å². The zero-order valence-corrected chi connectivity index (χ0v) is 14.7. The predicted molar refractivity (Wildman–Crippen MR) is 97.7 cm³/mol. The van der Waals surface area contributed by atoms with Gasteiger partial charge in [-0.1, -0.05) is 32.0 Å². The molecule has 128 valence electrons. The Bertz CT molecular complexity index is 894. The Hall–Kier alpha value is -2.95. The summed E-state index contributed by atoms with van der Waals surface area (Å²) in [6, 6.07) is 11.4. The molecule has 0 radical (unpaired) electrons. The summed E-state index contributed by atoms with van der Waals surface area (Å²) in [5.74, 6) is 1.71. The largest absolute Gasteiger partial charge is 0.507 e. The van der Waals surface area contributed by atoms with E-state index >= 15 is 0 Å². The van der Waals surface area contributed by atoms with Gasteiger partial charge in [-0.05, 0) is 36.1 Å². The summed E-state index contributed by atoms with van der Waals surface area (Å²) in [5, 5.41) is 10.2. The smallest absolute Gasteiger partial charge is 0.167 e. The summed E-state index contributed by atoms with van der Waals surface area (Å²) >= 11 is 0. The van der Waals surface area contributed by atoms with Crippen molar-refractivity contribution in [1.29, 1.82) is 0 Å². The van der Waals surface area contributed by atoms with Crippen molar-refractivity contribution in [3.05, 3.63) is 53.9 Å². The highest BCUT2D eigenvalue weighted by molar-refractivity contribution is 5.68. The number of phenolic OH excluding ortho intramolecular Hbond substituents is 1. The quantitative estimate of drug-likeness (QED) is 0.762. The summed E-state index contributed by atoms with van der Waals surface area (Å²) in [7, 11) is 1.56. The zero-order chi connectivity index (χ0) is 17.8. The van der Waals surface area contributed by atoms with E-state index in [9.17, 15) is 5.11 Å². The molecular formula is C20H21N3O2. The number of aryl methyl sites for hydroxylation is 2. The third-order valence-corrected chi connectivity index (χ3v) is 4.22. The van der Waals surface area contributed by atoms with Crippen LogP contribution >= 0.6 is 0 Å². The third kappa shape index (κ3) is 3.45. The number of rotatable bonds is 5. The monoisotopic (exact) mass is 335 g/mol.